The van der Waals surface area contributed by atoms with E-state index in [2.05, 4.69) is 45.2 Å². The molecule has 0 aliphatic heterocycles. The molecule has 25 heavy (non-hydrogen) atoms. The van der Waals surface area contributed by atoms with Gasteiger partial charge in [-0.05, 0) is 31.9 Å². The van der Waals surface area contributed by atoms with Crippen LogP contribution in [-0.2, 0) is 4.79 Å². The highest BCUT2D eigenvalue weighted by atomic mass is 32.2. The Labute approximate surface area is 155 Å². The predicted molar refractivity (Wildman–Crippen MR) is 106 cm³/mol. The topological polar surface area (TPSA) is 65.5 Å². The first-order valence-electron chi connectivity index (χ1n) is 9.27. The van der Waals surface area contributed by atoms with Crippen LogP contribution in [0.5, 0.6) is 0 Å². The van der Waals surface area contributed by atoms with Crippen molar-refractivity contribution < 1.29 is 4.79 Å². The maximum Gasteiger partial charge on any atom is 0.222 e. The second-order valence-electron chi connectivity index (χ2n) is 6.15. The van der Waals surface area contributed by atoms with Gasteiger partial charge in [0.25, 0.3) is 0 Å². The summed E-state index contributed by atoms with van der Waals surface area (Å²) in [6.07, 6.45) is 5.17. The van der Waals surface area contributed by atoms with E-state index in [0.717, 1.165) is 37.6 Å². The lowest BCUT2D eigenvalue weighted by atomic mass is 10.2. The number of rotatable bonds is 9. The molecular weight excluding hydrogens is 332 g/mol. The molecule has 1 fully saturated rings. The van der Waals surface area contributed by atoms with Crippen molar-refractivity contribution in [2.24, 2.45) is 4.99 Å². The number of carbonyl (C=O) groups excluding carboxylic acids is 1. The van der Waals surface area contributed by atoms with Crippen LogP contribution in [0.15, 0.2) is 40.2 Å². The maximum absolute atomic E-state index is 11.9. The third-order valence-corrected chi connectivity index (χ3v) is 5.09. The van der Waals surface area contributed by atoms with Gasteiger partial charge in [-0.2, -0.15) is 0 Å². The van der Waals surface area contributed by atoms with Crippen LogP contribution in [0, 0.1) is 0 Å². The van der Waals surface area contributed by atoms with Crippen LogP contribution in [0.25, 0.3) is 0 Å². The van der Waals surface area contributed by atoms with E-state index in [4.69, 9.17) is 0 Å². The highest BCUT2D eigenvalue weighted by molar-refractivity contribution is 7.99. The Hall–Kier alpha value is -1.69. The zero-order valence-electron chi connectivity index (χ0n) is 15.1. The van der Waals surface area contributed by atoms with Crippen LogP contribution in [0.1, 0.15) is 39.0 Å². The van der Waals surface area contributed by atoms with Crippen molar-refractivity contribution in [3.63, 3.8) is 0 Å². The van der Waals surface area contributed by atoms with E-state index in [9.17, 15) is 4.79 Å². The van der Waals surface area contributed by atoms with E-state index in [0.29, 0.717) is 19.0 Å². The first kappa shape index (κ1) is 19.6. The van der Waals surface area contributed by atoms with Gasteiger partial charge in [-0.1, -0.05) is 31.0 Å². The fourth-order valence-corrected chi connectivity index (χ4v) is 3.63. The van der Waals surface area contributed by atoms with E-state index in [1.165, 1.54) is 17.7 Å². The highest BCUT2D eigenvalue weighted by Gasteiger charge is 2.16. The molecule has 5 nitrogen and oxygen atoms in total. The number of hydrogen-bond acceptors (Lipinski definition) is 3. The molecule has 2 rings (SSSR count). The molecular formula is C19H30N4OS. The molecule has 0 bridgehead atoms. The lowest BCUT2D eigenvalue weighted by Gasteiger charge is -2.12. The Morgan fingerprint density at radius 3 is 2.68 bits per heavy atom. The smallest absolute Gasteiger partial charge is 0.222 e. The highest BCUT2D eigenvalue weighted by Crippen LogP contribution is 2.17. The molecule has 1 aliphatic rings. The van der Waals surface area contributed by atoms with Gasteiger partial charge in [0.2, 0.25) is 5.91 Å². The van der Waals surface area contributed by atoms with Crippen LogP contribution in [-0.4, -0.2) is 43.3 Å². The molecule has 1 amide bonds. The summed E-state index contributed by atoms with van der Waals surface area (Å²) < 4.78 is 0. The van der Waals surface area contributed by atoms with E-state index < -0.39 is 0 Å². The number of thioether (sulfide) groups is 1. The monoisotopic (exact) mass is 362 g/mol. The molecule has 0 heterocycles. The lowest BCUT2D eigenvalue weighted by Crippen LogP contribution is -2.39. The third kappa shape index (κ3) is 8.29. The van der Waals surface area contributed by atoms with Crippen LogP contribution in [0.4, 0.5) is 0 Å². The number of hydrogen-bond donors (Lipinski definition) is 3. The van der Waals surface area contributed by atoms with Gasteiger partial charge in [-0.25, -0.2) is 0 Å². The average molecular weight is 363 g/mol. The lowest BCUT2D eigenvalue weighted by molar-refractivity contribution is -0.121. The molecule has 1 aliphatic carbocycles. The standard InChI is InChI=1S/C19H30N4OS/c1-2-20-19(22-14-15-25-17-10-4-3-5-11-17)21-13-12-18(24)23-16-8-6-7-9-16/h3-5,10-11,16H,2,6-9,12-15H2,1H3,(H,23,24)(H2,20,21,22). The molecule has 6 heteroatoms. The third-order valence-electron chi connectivity index (χ3n) is 4.08. The van der Waals surface area contributed by atoms with Crippen LogP contribution in [0.3, 0.4) is 0 Å². The molecule has 0 radical (unpaired) electrons. The molecule has 0 aromatic heterocycles. The summed E-state index contributed by atoms with van der Waals surface area (Å²) in [5.74, 6) is 1.87. The number of aliphatic imine (C=N–C) groups is 1. The van der Waals surface area contributed by atoms with Gasteiger partial charge in [-0.15, -0.1) is 11.8 Å². The van der Waals surface area contributed by atoms with Gasteiger partial charge in [0.05, 0.1) is 6.54 Å². The summed E-state index contributed by atoms with van der Waals surface area (Å²) in [5.41, 5.74) is 0. The van der Waals surface area contributed by atoms with Gasteiger partial charge >= 0.3 is 0 Å². The second-order valence-corrected chi connectivity index (χ2v) is 7.32. The first-order chi connectivity index (χ1) is 12.3. The van der Waals surface area contributed by atoms with Crippen molar-refractivity contribution >= 4 is 23.6 Å². The van der Waals surface area contributed by atoms with Crippen molar-refractivity contribution in [3.8, 4) is 0 Å². The first-order valence-corrected chi connectivity index (χ1v) is 10.3. The van der Waals surface area contributed by atoms with E-state index in [1.807, 2.05) is 24.8 Å². The Morgan fingerprint density at radius 1 is 1.20 bits per heavy atom. The largest absolute Gasteiger partial charge is 0.357 e. The Balaban J connectivity index is 1.63. The number of benzene rings is 1. The van der Waals surface area contributed by atoms with Crippen molar-refractivity contribution in [2.75, 3.05) is 25.4 Å². The van der Waals surface area contributed by atoms with E-state index in [1.54, 1.807) is 0 Å². The zero-order chi connectivity index (χ0) is 17.7. The van der Waals surface area contributed by atoms with E-state index >= 15 is 0 Å². The molecule has 1 saturated carbocycles. The minimum Gasteiger partial charge on any atom is -0.357 e. The van der Waals surface area contributed by atoms with Gasteiger partial charge in [0, 0.05) is 36.2 Å². The molecule has 0 unspecified atom stereocenters. The number of nitrogens with one attached hydrogen (secondary N) is 3. The molecule has 3 N–H and O–H groups in total. The Bertz CT molecular complexity index is 529. The van der Waals surface area contributed by atoms with Crippen LogP contribution < -0.4 is 16.0 Å². The summed E-state index contributed by atoms with van der Waals surface area (Å²) in [4.78, 5) is 17.7. The zero-order valence-corrected chi connectivity index (χ0v) is 15.9. The second kappa shape index (κ2) is 11.8. The van der Waals surface area contributed by atoms with Crippen molar-refractivity contribution in [3.05, 3.63) is 30.3 Å². The molecule has 0 atom stereocenters. The average Bonchev–Trinajstić information content (AvgIpc) is 3.12. The summed E-state index contributed by atoms with van der Waals surface area (Å²) in [7, 11) is 0. The Morgan fingerprint density at radius 2 is 1.96 bits per heavy atom. The van der Waals surface area contributed by atoms with Crippen molar-refractivity contribution in [1.29, 1.82) is 0 Å². The predicted octanol–water partition coefficient (Wildman–Crippen LogP) is 2.78. The SMILES string of the molecule is CCNC(=NCCC(=O)NC1CCCC1)NCCSc1ccccc1. The molecule has 0 saturated heterocycles. The fourth-order valence-electron chi connectivity index (χ4n) is 2.84. The quantitative estimate of drug-likeness (QED) is 0.274. The van der Waals surface area contributed by atoms with Crippen molar-refractivity contribution in [2.45, 2.75) is 50.0 Å². The van der Waals surface area contributed by atoms with E-state index in [-0.39, 0.29) is 5.91 Å². The summed E-state index contributed by atoms with van der Waals surface area (Å²) >= 11 is 1.82. The minimum absolute atomic E-state index is 0.117. The van der Waals surface area contributed by atoms with Crippen LogP contribution >= 0.6 is 11.8 Å². The van der Waals surface area contributed by atoms with Gasteiger partial charge in [0.1, 0.15) is 0 Å². The summed E-state index contributed by atoms with van der Waals surface area (Å²) in [6.45, 7) is 4.20. The summed E-state index contributed by atoms with van der Waals surface area (Å²) in [5, 5.41) is 9.65. The molecule has 0 spiro atoms. The normalized spacial score (nSPS) is 15.2. The molecule has 138 valence electrons. The maximum atomic E-state index is 11.9. The molecule has 1 aromatic rings. The number of nitrogens with zero attached hydrogens (tertiary/aromatic N) is 1. The molecule has 1 aromatic carbocycles. The number of carbonyl (C=O) groups is 1. The van der Waals surface area contributed by atoms with Gasteiger partial charge in [-0.3, -0.25) is 9.79 Å². The van der Waals surface area contributed by atoms with Crippen LogP contribution in [0.2, 0.25) is 0 Å². The fraction of sp³-hybridized carbons (Fsp3) is 0.579. The number of amides is 1. The summed E-state index contributed by atoms with van der Waals surface area (Å²) in [6, 6.07) is 10.8. The minimum atomic E-state index is 0.117. The Kier molecular flexibility index (Phi) is 9.26. The van der Waals surface area contributed by atoms with Gasteiger partial charge < -0.3 is 16.0 Å². The van der Waals surface area contributed by atoms with Crippen molar-refractivity contribution in [1.82, 2.24) is 16.0 Å². The number of guanidine groups is 1. The van der Waals surface area contributed by atoms with Gasteiger partial charge in [0.15, 0.2) is 5.96 Å².